The summed E-state index contributed by atoms with van der Waals surface area (Å²) >= 11 is 5.90. The van der Waals surface area contributed by atoms with Crippen molar-refractivity contribution in [1.29, 1.82) is 0 Å². The standard InChI is InChI=1S/C14H23ClOSi/c1-5-17(6-2,7-3)16-12(4)13-8-10-14(15)11-9-13/h8-12H,5-7H2,1-4H3. The Morgan fingerprint density at radius 3 is 1.94 bits per heavy atom. The number of rotatable bonds is 6. The van der Waals surface area contributed by atoms with Crippen molar-refractivity contribution < 1.29 is 4.43 Å². The van der Waals surface area contributed by atoms with Crippen LogP contribution < -0.4 is 0 Å². The Morgan fingerprint density at radius 1 is 1.06 bits per heavy atom. The van der Waals surface area contributed by atoms with Gasteiger partial charge in [0.15, 0.2) is 8.32 Å². The van der Waals surface area contributed by atoms with Gasteiger partial charge in [-0.25, -0.2) is 0 Å². The Balaban J connectivity index is 2.76. The highest BCUT2D eigenvalue weighted by atomic mass is 35.5. The van der Waals surface area contributed by atoms with Gasteiger partial charge in [0.1, 0.15) is 0 Å². The molecular weight excluding hydrogens is 248 g/mol. The van der Waals surface area contributed by atoms with Gasteiger partial charge in [-0.1, -0.05) is 44.5 Å². The molecule has 0 radical (unpaired) electrons. The summed E-state index contributed by atoms with van der Waals surface area (Å²) < 4.78 is 6.41. The lowest BCUT2D eigenvalue weighted by atomic mass is 10.1. The highest BCUT2D eigenvalue weighted by molar-refractivity contribution is 6.73. The number of hydrogen-bond donors (Lipinski definition) is 0. The van der Waals surface area contributed by atoms with Gasteiger partial charge in [-0.3, -0.25) is 0 Å². The Bertz CT molecular complexity index is 324. The molecule has 0 heterocycles. The minimum absolute atomic E-state index is 0.179. The minimum Gasteiger partial charge on any atom is -0.410 e. The summed E-state index contributed by atoms with van der Waals surface area (Å²) in [5.74, 6) is 0. The Hall–Kier alpha value is -0.313. The molecule has 96 valence electrons. The fourth-order valence-electron chi connectivity index (χ4n) is 2.18. The summed E-state index contributed by atoms with van der Waals surface area (Å²) in [5, 5.41) is 0.783. The lowest BCUT2D eigenvalue weighted by Gasteiger charge is -2.32. The van der Waals surface area contributed by atoms with E-state index in [4.69, 9.17) is 16.0 Å². The molecule has 0 aliphatic heterocycles. The van der Waals surface area contributed by atoms with E-state index in [1.165, 1.54) is 23.7 Å². The van der Waals surface area contributed by atoms with E-state index >= 15 is 0 Å². The SMILES string of the molecule is CC[Si](CC)(CC)OC(C)c1ccc(Cl)cc1. The van der Waals surface area contributed by atoms with Gasteiger partial charge in [-0.05, 0) is 42.8 Å². The second kappa shape index (κ2) is 6.57. The molecule has 0 aliphatic carbocycles. The minimum atomic E-state index is -1.51. The maximum atomic E-state index is 6.41. The van der Waals surface area contributed by atoms with Gasteiger partial charge in [0.2, 0.25) is 0 Å². The van der Waals surface area contributed by atoms with Crippen LogP contribution in [0.4, 0.5) is 0 Å². The summed E-state index contributed by atoms with van der Waals surface area (Å²) in [6.07, 6.45) is 0.179. The molecule has 1 nitrogen and oxygen atoms in total. The summed E-state index contributed by atoms with van der Waals surface area (Å²) in [4.78, 5) is 0. The molecule has 0 N–H and O–H groups in total. The molecule has 1 aromatic rings. The summed E-state index contributed by atoms with van der Waals surface area (Å²) in [6, 6.07) is 11.6. The molecule has 0 fully saturated rings. The predicted molar refractivity (Wildman–Crippen MR) is 78.1 cm³/mol. The first-order valence-electron chi connectivity index (χ1n) is 6.50. The van der Waals surface area contributed by atoms with Gasteiger partial charge >= 0.3 is 0 Å². The van der Waals surface area contributed by atoms with Crippen molar-refractivity contribution in [3.63, 3.8) is 0 Å². The van der Waals surface area contributed by atoms with E-state index < -0.39 is 8.32 Å². The van der Waals surface area contributed by atoms with Gasteiger partial charge in [-0.15, -0.1) is 0 Å². The molecular formula is C14H23ClOSi. The van der Waals surface area contributed by atoms with E-state index in [0.717, 1.165) is 5.02 Å². The summed E-state index contributed by atoms with van der Waals surface area (Å²) in [6.45, 7) is 8.92. The molecule has 1 unspecified atom stereocenters. The molecule has 0 aliphatic rings. The number of benzene rings is 1. The molecule has 0 saturated carbocycles. The van der Waals surface area contributed by atoms with Crippen LogP contribution in [0.15, 0.2) is 24.3 Å². The maximum Gasteiger partial charge on any atom is 0.192 e. The lowest BCUT2D eigenvalue weighted by Crippen LogP contribution is -2.36. The van der Waals surface area contributed by atoms with E-state index in [0.29, 0.717) is 0 Å². The van der Waals surface area contributed by atoms with Crippen molar-refractivity contribution in [1.82, 2.24) is 0 Å². The van der Waals surface area contributed by atoms with Crippen LogP contribution in [0.1, 0.15) is 39.4 Å². The van der Waals surface area contributed by atoms with E-state index in [9.17, 15) is 0 Å². The van der Waals surface area contributed by atoms with Gasteiger partial charge in [0, 0.05) is 5.02 Å². The average Bonchev–Trinajstić information content (AvgIpc) is 2.37. The Kier molecular flexibility index (Phi) is 5.70. The predicted octanol–water partition coefficient (Wildman–Crippen LogP) is 5.42. The smallest absolute Gasteiger partial charge is 0.192 e. The molecule has 0 spiro atoms. The average molecular weight is 271 g/mol. The third kappa shape index (κ3) is 3.83. The van der Waals surface area contributed by atoms with Crippen molar-refractivity contribution in [2.45, 2.75) is 51.9 Å². The second-order valence-electron chi connectivity index (χ2n) is 4.56. The van der Waals surface area contributed by atoms with Crippen molar-refractivity contribution in [2.75, 3.05) is 0 Å². The first kappa shape index (κ1) is 14.7. The molecule has 3 heteroatoms. The van der Waals surface area contributed by atoms with Crippen LogP contribution in [0.3, 0.4) is 0 Å². The zero-order chi connectivity index (χ0) is 12.9. The Labute approximate surface area is 111 Å². The fourth-order valence-corrected chi connectivity index (χ4v) is 5.19. The van der Waals surface area contributed by atoms with Crippen LogP contribution in [-0.4, -0.2) is 8.32 Å². The monoisotopic (exact) mass is 270 g/mol. The van der Waals surface area contributed by atoms with Crippen LogP contribution in [0.5, 0.6) is 0 Å². The van der Waals surface area contributed by atoms with Crippen molar-refractivity contribution >= 4 is 19.9 Å². The third-order valence-corrected chi connectivity index (χ3v) is 8.67. The van der Waals surface area contributed by atoms with Crippen LogP contribution in [-0.2, 0) is 4.43 Å². The topological polar surface area (TPSA) is 9.23 Å². The largest absolute Gasteiger partial charge is 0.410 e. The zero-order valence-electron chi connectivity index (χ0n) is 11.3. The van der Waals surface area contributed by atoms with E-state index in [1.807, 2.05) is 12.1 Å². The van der Waals surface area contributed by atoms with Crippen molar-refractivity contribution in [3.05, 3.63) is 34.9 Å². The van der Waals surface area contributed by atoms with Crippen LogP contribution >= 0.6 is 11.6 Å². The highest BCUT2D eigenvalue weighted by Gasteiger charge is 2.30. The zero-order valence-corrected chi connectivity index (χ0v) is 13.1. The van der Waals surface area contributed by atoms with Crippen molar-refractivity contribution in [2.24, 2.45) is 0 Å². The maximum absolute atomic E-state index is 6.41. The quantitative estimate of drug-likeness (QED) is 0.627. The first-order valence-corrected chi connectivity index (χ1v) is 9.41. The first-order chi connectivity index (χ1) is 8.06. The molecule has 1 rings (SSSR count). The number of halogens is 1. The molecule has 0 saturated heterocycles. The van der Waals surface area contributed by atoms with Gasteiger partial charge in [-0.2, -0.15) is 0 Å². The molecule has 1 aromatic carbocycles. The lowest BCUT2D eigenvalue weighted by molar-refractivity contribution is 0.210. The van der Waals surface area contributed by atoms with Gasteiger partial charge < -0.3 is 4.43 Å². The van der Waals surface area contributed by atoms with Crippen molar-refractivity contribution in [3.8, 4) is 0 Å². The van der Waals surface area contributed by atoms with Crippen LogP contribution in [0.25, 0.3) is 0 Å². The molecule has 0 aromatic heterocycles. The van der Waals surface area contributed by atoms with Gasteiger partial charge in [0.05, 0.1) is 6.10 Å². The van der Waals surface area contributed by atoms with E-state index in [1.54, 1.807) is 0 Å². The molecule has 17 heavy (non-hydrogen) atoms. The Morgan fingerprint density at radius 2 is 1.53 bits per heavy atom. The van der Waals surface area contributed by atoms with E-state index in [-0.39, 0.29) is 6.10 Å². The van der Waals surface area contributed by atoms with E-state index in [2.05, 4.69) is 39.8 Å². The normalized spacial score (nSPS) is 13.7. The number of hydrogen-bond acceptors (Lipinski definition) is 1. The van der Waals surface area contributed by atoms with Gasteiger partial charge in [0.25, 0.3) is 0 Å². The molecule has 0 bridgehead atoms. The van der Waals surface area contributed by atoms with Crippen LogP contribution in [0.2, 0.25) is 23.2 Å². The molecule has 0 amide bonds. The summed E-state index contributed by atoms with van der Waals surface area (Å²) in [7, 11) is -1.51. The van der Waals surface area contributed by atoms with Crippen LogP contribution in [0, 0.1) is 0 Å². The highest BCUT2D eigenvalue weighted by Crippen LogP contribution is 2.29. The summed E-state index contributed by atoms with van der Waals surface area (Å²) in [5.41, 5.74) is 1.22. The molecule has 1 atom stereocenters. The third-order valence-electron chi connectivity index (χ3n) is 3.70. The fraction of sp³-hybridized carbons (Fsp3) is 0.571. The second-order valence-corrected chi connectivity index (χ2v) is 9.71.